The largest absolute Gasteiger partial charge is 0.366 e. The van der Waals surface area contributed by atoms with Crippen LogP contribution in [0.4, 0.5) is 14.6 Å². The van der Waals surface area contributed by atoms with E-state index in [9.17, 15) is 8.78 Å². The molecule has 1 N–H and O–H groups in total. The minimum absolute atomic E-state index is 0.141. The van der Waals surface area contributed by atoms with Crippen LogP contribution in [0.1, 0.15) is 5.56 Å². The fourth-order valence-corrected chi connectivity index (χ4v) is 1.82. The second kappa shape index (κ2) is 5.16. The Kier molecular flexibility index (Phi) is 3.20. The van der Waals surface area contributed by atoms with Crippen molar-refractivity contribution in [2.24, 2.45) is 0 Å². The standard InChI is InChI=1S/C14H10F2N4/c15-10-1-2-11(16)9(7-10)8-19-13-4-3-12-14(20-13)18-6-5-17-12/h1-7H,8H2,(H,18,19,20). The molecule has 0 aliphatic heterocycles. The van der Waals surface area contributed by atoms with Gasteiger partial charge in [-0.1, -0.05) is 0 Å². The van der Waals surface area contributed by atoms with E-state index in [2.05, 4.69) is 20.3 Å². The highest BCUT2D eigenvalue weighted by Gasteiger charge is 2.05. The number of halogens is 2. The summed E-state index contributed by atoms with van der Waals surface area (Å²) in [5, 5.41) is 2.94. The van der Waals surface area contributed by atoms with Crippen LogP contribution in [0.15, 0.2) is 42.7 Å². The predicted octanol–water partition coefficient (Wildman–Crippen LogP) is 2.92. The Labute approximate surface area is 113 Å². The van der Waals surface area contributed by atoms with Crippen LogP contribution in [0, 0.1) is 11.6 Å². The summed E-state index contributed by atoms with van der Waals surface area (Å²) in [5.41, 5.74) is 1.42. The van der Waals surface area contributed by atoms with Crippen LogP contribution in [-0.2, 0) is 6.54 Å². The molecular weight excluding hydrogens is 262 g/mol. The fraction of sp³-hybridized carbons (Fsp3) is 0.0714. The molecule has 0 amide bonds. The molecule has 3 aromatic rings. The van der Waals surface area contributed by atoms with Crippen LogP contribution in [0.25, 0.3) is 11.2 Å². The maximum atomic E-state index is 13.5. The van der Waals surface area contributed by atoms with Crippen molar-refractivity contribution in [3.8, 4) is 0 Å². The number of nitrogens with zero attached hydrogens (tertiary/aromatic N) is 3. The molecule has 0 bridgehead atoms. The second-order valence-corrected chi connectivity index (χ2v) is 4.18. The van der Waals surface area contributed by atoms with Crippen molar-refractivity contribution in [3.63, 3.8) is 0 Å². The predicted molar refractivity (Wildman–Crippen MR) is 71.0 cm³/mol. The van der Waals surface area contributed by atoms with Gasteiger partial charge in [-0.25, -0.2) is 18.7 Å². The van der Waals surface area contributed by atoms with Crippen LogP contribution in [0.2, 0.25) is 0 Å². The van der Waals surface area contributed by atoms with Crippen molar-refractivity contribution in [1.29, 1.82) is 0 Å². The van der Waals surface area contributed by atoms with E-state index >= 15 is 0 Å². The van der Waals surface area contributed by atoms with E-state index in [0.29, 0.717) is 17.0 Å². The Morgan fingerprint density at radius 2 is 1.85 bits per heavy atom. The van der Waals surface area contributed by atoms with Crippen molar-refractivity contribution in [2.45, 2.75) is 6.54 Å². The Morgan fingerprint density at radius 1 is 1.00 bits per heavy atom. The summed E-state index contributed by atoms with van der Waals surface area (Å²) in [6, 6.07) is 6.82. The van der Waals surface area contributed by atoms with Gasteiger partial charge in [-0.05, 0) is 30.3 Å². The molecule has 6 heteroatoms. The zero-order valence-corrected chi connectivity index (χ0v) is 10.3. The van der Waals surface area contributed by atoms with Gasteiger partial charge in [0.25, 0.3) is 0 Å². The lowest BCUT2D eigenvalue weighted by Crippen LogP contribution is -2.04. The van der Waals surface area contributed by atoms with Gasteiger partial charge in [0.2, 0.25) is 0 Å². The summed E-state index contributed by atoms with van der Waals surface area (Å²) in [5.74, 6) is -0.401. The normalized spacial score (nSPS) is 10.7. The molecule has 4 nitrogen and oxygen atoms in total. The molecular formula is C14H10F2N4. The molecule has 0 atom stereocenters. The molecule has 0 radical (unpaired) electrons. The summed E-state index contributed by atoms with van der Waals surface area (Å²) >= 11 is 0. The zero-order valence-electron chi connectivity index (χ0n) is 10.3. The summed E-state index contributed by atoms with van der Waals surface area (Å²) < 4.78 is 26.5. The van der Waals surface area contributed by atoms with E-state index in [1.807, 2.05) is 0 Å². The highest BCUT2D eigenvalue weighted by molar-refractivity contribution is 5.71. The third kappa shape index (κ3) is 2.54. The molecule has 0 unspecified atom stereocenters. The first kappa shape index (κ1) is 12.4. The lowest BCUT2D eigenvalue weighted by Gasteiger charge is -2.07. The molecule has 3 rings (SSSR count). The van der Waals surface area contributed by atoms with Gasteiger partial charge >= 0.3 is 0 Å². The first-order valence-corrected chi connectivity index (χ1v) is 5.98. The van der Waals surface area contributed by atoms with Gasteiger partial charge < -0.3 is 5.32 Å². The Hall–Kier alpha value is -2.63. The number of rotatable bonds is 3. The van der Waals surface area contributed by atoms with Gasteiger partial charge in [0.15, 0.2) is 5.65 Å². The van der Waals surface area contributed by atoms with Crippen molar-refractivity contribution < 1.29 is 8.78 Å². The van der Waals surface area contributed by atoms with Crippen molar-refractivity contribution >= 4 is 17.0 Å². The average molecular weight is 272 g/mol. The fourth-order valence-electron chi connectivity index (χ4n) is 1.82. The highest BCUT2D eigenvalue weighted by atomic mass is 19.1. The molecule has 2 aromatic heterocycles. The number of anilines is 1. The molecule has 0 saturated heterocycles. The monoisotopic (exact) mass is 272 g/mol. The summed E-state index contributed by atoms with van der Waals surface area (Å²) in [6.07, 6.45) is 3.13. The van der Waals surface area contributed by atoms with Gasteiger partial charge in [0.1, 0.15) is 23.0 Å². The quantitative estimate of drug-likeness (QED) is 0.796. The number of hydrogen-bond donors (Lipinski definition) is 1. The van der Waals surface area contributed by atoms with E-state index in [1.54, 1.807) is 24.5 Å². The molecule has 0 aliphatic rings. The van der Waals surface area contributed by atoms with Crippen LogP contribution in [0.5, 0.6) is 0 Å². The van der Waals surface area contributed by atoms with E-state index < -0.39 is 11.6 Å². The zero-order chi connectivity index (χ0) is 13.9. The number of nitrogens with one attached hydrogen (secondary N) is 1. The van der Waals surface area contributed by atoms with E-state index in [1.165, 1.54) is 0 Å². The number of hydrogen-bond acceptors (Lipinski definition) is 4. The molecule has 1 aromatic carbocycles. The number of aromatic nitrogens is 3. The van der Waals surface area contributed by atoms with Crippen LogP contribution >= 0.6 is 0 Å². The average Bonchev–Trinajstić information content (AvgIpc) is 2.48. The van der Waals surface area contributed by atoms with Gasteiger partial charge in [0.05, 0.1) is 0 Å². The Morgan fingerprint density at radius 3 is 2.75 bits per heavy atom. The van der Waals surface area contributed by atoms with Crippen LogP contribution in [-0.4, -0.2) is 15.0 Å². The molecule has 0 fully saturated rings. The van der Waals surface area contributed by atoms with E-state index in [4.69, 9.17) is 0 Å². The lowest BCUT2D eigenvalue weighted by molar-refractivity contribution is 0.587. The third-order valence-electron chi connectivity index (χ3n) is 2.80. The van der Waals surface area contributed by atoms with Crippen molar-refractivity contribution in [2.75, 3.05) is 5.32 Å². The van der Waals surface area contributed by atoms with Crippen molar-refractivity contribution in [3.05, 3.63) is 59.9 Å². The first-order chi connectivity index (χ1) is 9.72. The molecule has 100 valence electrons. The van der Waals surface area contributed by atoms with E-state index in [-0.39, 0.29) is 12.1 Å². The van der Waals surface area contributed by atoms with Crippen LogP contribution < -0.4 is 5.32 Å². The lowest BCUT2D eigenvalue weighted by atomic mass is 10.2. The minimum atomic E-state index is -0.472. The third-order valence-corrected chi connectivity index (χ3v) is 2.80. The first-order valence-electron chi connectivity index (χ1n) is 5.98. The smallest absolute Gasteiger partial charge is 0.180 e. The molecule has 0 saturated carbocycles. The van der Waals surface area contributed by atoms with E-state index in [0.717, 1.165) is 18.2 Å². The van der Waals surface area contributed by atoms with Crippen LogP contribution in [0.3, 0.4) is 0 Å². The Bertz CT molecular complexity index is 761. The molecule has 2 heterocycles. The number of pyridine rings is 1. The Balaban J connectivity index is 1.81. The summed E-state index contributed by atoms with van der Waals surface area (Å²) in [7, 11) is 0. The van der Waals surface area contributed by atoms with Gasteiger partial charge in [0, 0.05) is 24.5 Å². The summed E-state index contributed by atoms with van der Waals surface area (Å²) in [4.78, 5) is 12.4. The van der Waals surface area contributed by atoms with Gasteiger partial charge in [-0.2, -0.15) is 0 Å². The number of fused-ring (bicyclic) bond motifs is 1. The molecule has 0 aliphatic carbocycles. The molecule has 20 heavy (non-hydrogen) atoms. The molecule has 0 spiro atoms. The minimum Gasteiger partial charge on any atom is -0.366 e. The second-order valence-electron chi connectivity index (χ2n) is 4.18. The van der Waals surface area contributed by atoms with Crippen molar-refractivity contribution in [1.82, 2.24) is 15.0 Å². The summed E-state index contributed by atoms with van der Waals surface area (Å²) in [6.45, 7) is 0.141. The van der Waals surface area contributed by atoms with Gasteiger partial charge in [-0.15, -0.1) is 0 Å². The maximum Gasteiger partial charge on any atom is 0.180 e. The topological polar surface area (TPSA) is 50.7 Å². The highest BCUT2D eigenvalue weighted by Crippen LogP contribution is 2.14. The SMILES string of the molecule is Fc1ccc(F)c(CNc2ccc3nccnc3n2)c1. The number of benzene rings is 1. The maximum absolute atomic E-state index is 13.5. The van der Waals surface area contributed by atoms with Gasteiger partial charge in [-0.3, -0.25) is 4.98 Å².